The molecule has 0 N–H and O–H groups in total. The second-order valence-corrected chi connectivity index (χ2v) is 7.06. The van der Waals surface area contributed by atoms with Gasteiger partial charge in [-0.15, -0.1) is 0 Å². The van der Waals surface area contributed by atoms with Gasteiger partial charge in [0.1, 0.15) is 24.2 Å². The van der Waals surface area contributed by atoms with Crippen LogP contribution in [0.2, 0.25) is 0 Å². The molecule has 7 nitrogen and oxygen atoms in total. The van der Waals surface area contributed by atoms with Crippen LogP contribution in [-0.2, 0) is 22.6 Å². The van der Waals surface area contributed by atoms with Gasteiger partial charge in [-0.3, -0.25) is 4.79 Å². The van der Waals surface area contributed by atoms with Crippen molar-refractivity contribution in [2.45, 2.75) is 31.2 Å². The molecule has 0 saturated heterocycles. The van der Waals surface area contributed by atoms with E-state index in [4.69, 9.17) is 14.0 Å². The van der Waals surface area contributed by atoms with Crippen molar-refractivity contribution in [2.24, 2.45) is 0 Å². The van der Waals surface area contributed by atoms with Gasteiger partial charge >= 0.3 is 5.97 Å². The number of ether oxygens (including phenoxy) is 2. The average molecular weight is 383 g/mol. The number of esters is 1. The van der Waals surface area contributed by atoms with Gasteiger partial charge in [-0.2, -0.15) is 0 Å². The zero-order chi connectivity index (χ0) is 18.6. The zero-order valence-electron chi connectivity index (χ0n) is 14.6. The first-order valence-corrected chi connectivity index (χ1v) is 9.47. The predicted molar refractivity (Wildman–Crippen MR) is 98.3 cm³/mol. The van der Waals surface area contributed by atoms with Gasteiger partial charge in [-0.1, -0.05) is 29.1 Å². The summed E-state index contributed by atoms with van der Waals surface area (Å²) >= 11 is 1.22. The molecule has 27 heavy (non-hydrogen) atoms. The van der Waals surface area contributed by atoms with E-state index < -0.39 is 0 Å². The summed E-state index contributed by atoms with van der Waals surface area (Å²) in [7, 11) is 0. The van der Waals surface area contributed by atoms with Gasteiger partial charge in [0.2, 0.25) is 0 Å². The Labute approximate surface area is 160 Å². The summed E-state index contributed by atoms with van der Waals surface area (Å²) in [5, 5.41) is 4.50. The maximum Gasteiger partial charge on any atom is 0.316 e. The molecule has 1 unspecified atom stereocenters. The third-order valence-electron chi connectivity index (χ3n) is 3.99. The molecule has 3 aromatic rings. The summed E-state index contributed by atoms with van der Waals surface area (Å²) in [5.41, 5.74) is 2.62. The van der Waals surface area contributed by atoms with Crippen LogP contribution in [0.5, 0.6) is 5.75 Å². The number of benzene rings is 1. The standard InChI is InChI=1S/C19H17N3O4S/c1-12-7-13-3-4-14(8-16(13)25-12)17-9-15(22-26-17)10-24-18(23)11-27-19-20-5-2-6-21-19/h2-6,8-9,12H,7,10-11H2,1H3. The Morgan fingerprint density at radius 1 is 1.30 bits per heavy atom. The van der Waals surface area contributed by atoms with E-state index in [9.17, 15) is 4.79 Å². The van der Waals surface area contributed by atoms with E-state index in [0.29, 0.717) is 16.6 Å². The van der Waals surface area contributed by atoms with Crippen LogP contribution in [0.1, 0.15) is 18.2 Å². The monoisotopic (exact) mass is 383 g/mol. The first-order chi connectivity index (χ1) is 13.2. The molecule has 0 spiro atoms. The van der Waals surface area contributed by atoms with E-state index in [-0.39, 0.29) is 24.4 Å². The Bertz CT molecular complexity index is 945. The van der Waals surface area contributed by atoms with Crippen molar-refractivity contribution in [3.63, 3.8) is 0 Å². The fraction of sp³-hybridized carbons (Fsp3) is 0.263. The fourth-order valence-corrected chi connectivity index (χ4v) is 3.35. The molecular formula is C19H17N3O4S. The maximum absolute atomic E-state index is 11.9. The Hall–Kier alpha value is -2.87. The van der Waals surface area contributed by atoms with Crippen LogP contribution in [0.3, 0.4) is 0 Å². The second kappa shape index (κ2) is 7.79. The van der Waals surface area contributed by atoms with Gasteiger partial charge < -0.3 is 14.0 Å². The number of fused-ring (bicyclic) bond motifs is 1. The Morgan fingerprint density at radius 2 is 2.15 bits per heavy atom. The van der Waals surface area contributed by atoms with Crippen LogP contribution in [0.4, 0.5) is 0 Å². The number of nitrogens with zero attached hydrogens (tertiary/aromatic N) is 3. The fourth-order valence-electron chi connectivity index (χ4n) is 2.75. The lowest BCUT2D eigenvalue weighted by Crippen LogP contribution is -2.07. The van der Waals surface area contributed by atoms with Crippen LogP contribution in [0.15, 0.2) is 52.4 Å². The molecule has 0 fully saturated rings. The summed E-state index contributed by atoms with van der Waals surface area (Å²) in [6, 6.07) is 9.46. The lowest BCUT2D eigenvalue weighted by Gasteiger charge is -2.03. The molecule has 0 aliphatic carbocycles. The van der Waals surface area contributed by atoms with Gasteiger partial charge in [0.25, 0.3) is 0 Å². The first-order valence-electron chi connectivity index (χ1n) is 8.48. The van der Waals surface area contributed by atoms with Crippen molar-refractivity contribution in [1.29, 1.82) is 0 Å². The van der Waals surface area contributed by atoms with Crippen molar-refractivity contribution >= 4 is 17.7 Å². The summed E-state index contributed by atoms with van der Waals surface area (Å²) in [6.07, 6.45) is 4.36. The van der Waals surface area contributed by atoms with Gasteiger partial charge in [0, 0.05) is 30.4 Å². The van der Waals surface area contributed by atoms with E-state index in [1.807, 2.05) is 25.1 Å². The van der Waals surface area contributed by atoms with E-state index in [0.717, 1.165) is 17.7 Å². The van der Waals surface area contributed by atoms with Crippen molar-refractivity contribution in [2.75, 3.05) is 5.75 Å². The first kappa shape index (κ1) is 17.5. The van der Waals surface area contributed by atoms with Crippen molar-refractivity contribution in [1.82, 2.24) is 15.1 Å². The molecule has 138 valence electrons. The highest BCUT2D eigenvalue weighted by molar-refractivity contribution is 7.99. The molecule has 4 rings (SSSR count). The topological polar surface area (TPSA) is 87.3 Å². The molecule has 0 radical (unpaired) electrons. The van der Waals surface area contributed by atoms with Gasteiger partial charge in [-0.25, -0.2) is 9.97 Å². The molecular weight excluding hydrogens is 366 g/mol. The molecule has 1 aliphatic rings. The van der Waals surface area contributed by atoms with Crippen LogP contribution < -0.4 is 4.74 Å². The molecule has 1 aliphatic heterocycles. The number of thioether (sulfide) groups is 1. The summed E-state index contributed by atoms with van der Waals surface area (Å²) in [6.45, 7) is 2.10. The van der Waals surface area contributed by atoms with Gasteiger partial charge in [-0.05, 0) is 24.6 Å². The van der Waals surface area contributed by atoms with E-state index in [1.54, 1.807) is 24.5 Å². The SMILES string of the molecule is CC1Cc2ccc(-c3cc(COC(=O)CSc4ncccn4)no3)cc2O1. The van der Waals surface area contributed by atoms with Crippen LogP contribution in [0.25, 0.3) is 11.3 Å². The Balaban J connectivity index is 1.32. The van der Waals surface area contributed by atoms with Crippen molar-refractivity contribution in [3.8, 4) is 17.1 Å². The number of hydrogen-bond acceptors (Lipinski definition) is 8. The lowest BCUT2D eigenvalue weighted by molar-refractivity contribution is -0.141. The van der Waals surface area contributed by atoms with Crippen LogP contribution in [-0.4, -0.2) is 33.0 Å². The number of rotatable bonds is 6. The molecule has 0 bridgehead atoms. The van der Waals surface area contributed by atoms with E-state index in [1.165, 1.54) is 17.3 Å². The van der Waals surface area contributed by atoms with Crippen LogP contribution >= 0.6 is 11.8 Å². The van der Waals surface area contributed by atoms with E-state index in [2.05, 4.69) is 15.1 Å². The normalized spacial score (nSPS) is 15.2. The Morgan fingerprint density at radius 3 is 3.00 bits per heavy atom. The smallest absolute Gasteiger partial charge is 0.316 e. The third kappa shape index (κ3) is 4.28. The quantitative estimate of drug-likeness (QED) is 0.364. The minimum absolute atomic E-state index is 0.0526. The van der Waals surface area contributed by atoms with Crippen molar-refractivity contribution < 1.29 is 18.8 Å². The van der Waals surface area contributed by atoms with E-state index >= 15 is 0 Å². The molecule has 1 aromatic carbocycles. The minimum Gasteiger partial charge on any atom is -0.490 e. The predicted octanol–water partition coefficient (Wildman–Crippen LogP) is 3.29. The average Bonchev–Trinajstić information content (AvgIpc) is 3.30. The molecule has 2 aromatic heterocycles. The highest BCUT2D eigenvalue weighted by Gasteiger charge is 2.20. The molecule has 0 saturated carbocycles. The minimum atomic E-state index is -0.364. The number of hydrogen-bond donors (Lipinski definition) is 0. The second-order valence-electron chi connectivity index (χ2n) is 6.12. The summed E-state index contributed by atoms with van der Waals surface area (Å²) in [4.78, 5) is 19.9. The van der Waals surface area contributed by atoms with Crippen LogP contribution in [0, 0.1) is 0 Å². The Kier molecular flexibility index (Phi) is 5.06. The van der Waals surface area contributed by atoms with Crippen molar-refractivity contribution in [3.05, 3.63) is 54.0 Å². The van der Waals surface area contributed by atoms with Gasteiger partial charge in [0.05, 0.1) is 5.75 Å². The maximum atomic E-state index is 11.9. The molecule has 3 heterocycles. The molecule has 0 amide bonds. The van der Waals surface area contributed by atoms with Gasteiger partial charge in [0.15, 0.2) is 10.9 Å². The highest BCUT2D eigenvalue weighted by Crippen LogP contribution is 2.33. The lowest BCUT2D eigenvalue weighted by atomic mass is 10.1. The third-order valence-corrected chi connectivity index (χ3v) is 4.84. The summed E-state index contributed by atoms with van der Waals surface area (Å²) < 4.78 is 16.4. The highest BCUT2D eigenvalue weighted by atomic mass is 32.2. The molecule has 1 atom stereocenters. The summed E-state index contributed by atoms with van der Waals surface area (Å²) in [5.74, 6) is 1.26. The zero-order valence-corrected chi connectivity index (χ0v) is 15.4. The number of carbonyl (C=O) groups is 1. The number of carbonyl (C=O) groups excluding carboxylic acids is 1. The molecule has 8 heteroatoms. The number of aromatic nitrogens is 3. The largest absolute Gasteiger partial charge is 0.490 e.